The Hall–Kier alpha value is -4.33. The van der Waals surface area contributed by atoms with Gasteiger partial charge in [0.25, 0.3) is 5.89 Å². The number of methoxy groups -OCH3 is 2. The van der Waals surface area contributed by atoms with Crippen LogP contribution in [0.3, 0.4) is 0 Å². The van der Waals surface area contributed by atoms with Crippen molar-refractivity contribution < 1.29 is 23.4 Å². The summed E-state index contributed by atoms with van der Waals surface area (Å²) in [6.45, 7) is 0.144. The minimum Gasteiger partial charge on any atom is -0.493 e. The summed E-state index contributed by atoms with van der Waals surface area (Å²) in [4.78, 5) is 12.4. The number of amides is 1. The summed E-state index contributed by atoms with van der Waals surface area (Å²) in [5, 5.41) is 10.9. The van der Waals surface area contributed by atoms with Crippen LogP contribution in [0.2, 0.25) is 0 Å². The maximum atomic E-state index is 12.4. The molecule has 4 rings (SSSR count). The molecule has 0 spiro atoms. The van der Waals surface area contributed by atoms with Crippen molar-refractivity contribution in [3.63, 3.8) is 0 Å². The van der Waals surface area contributed by atoms with E-state index in [0.717, 1.165) is 11.1 Å². The Bertz CT molecular complexity index is 1210. The summed E-state index contributed by atoms with van der Waals surface area (Å²) in [7, 11) is 3.13. The lowest BCUT2D eigenvalue weighted by Crippen LogP contribution is -2.14. The van der Waals surface area contributed by atoms with Gasteiger partial charge in [-0.2, -0.15) is 0 Å². The number of nitrogens with zero attached hydrogens (tertiary/aromatic N) is 2. The van der Waals surface area contributed by atoms with Crippen molar-refractivity contribution in [1.82, 2.24) is 10.2 Å². The largest absolute Gasteiger partial charge is 0.493 e. The molecule has 1 aromatic heterocycles. The van der Waals surface area contributed by atoms with E-state index in [2.05, 4.69) is 15.5 Å². The van der Waals surface area contributed by atoms with Crippen LogP contribution in [-0.4, -0.2) is 30.3 Å². The minimum atomic E-state index is -0.143. The number of carbonyl (C=O) groups is 1. The smallest absolute Gasteiger partial charge is 0.254 e. The second-order valence-corrected chi connectivity index (χ2v) is 7.09. The highest BCUT2D eigenvalue weighted by atomic mass is 16.5. The lowest BCUT2D eigenvalue weighted by Gasteiger charge is -2.10. The Morgan fingerprint density at radius 1 is 0.909 bits per heavy atom. The van der Waals surface area contributed by atoms with Gasteiger partial charge in [-0.25, -0.2) is 0 Å². The third kappa shape index (κ3) is 5.68. The molecule has 0 saturated heterocycles. The van der Waals surface area contributed by atoms with Crippen molar-refractivity contribution >= 4 is 11.6 Å². The monoisotopic (exact) mass is 445 g/mol. The first-order chi connectivity index (χ1) is 16.1. The van der Waals surface area contributed by atoms with Gasteiger partial charge < -0.3 is 23.9 Å². The molecule has 0 aliphatic rings. The predicted molar refractivity (Wildman–Crippen MR) is 122 cm³/mol. The number of rotatable bonds is 9. The molecule has 0 aliphatic heterocycles. The zero-order valence-corrected chi connectivity index (χ0v) is 18.3. The average Bonchev–Trinajstić information content (AvgIpc) is 3.33. The number of benzene rings is 3. The van der Waals surface area contributed by atoms with E-state index in [1.165, 1.54) is 0 Å². The van der Waals surface area contributed by atoms with E-state index < -0.39 is 0 Å². The molecule has 8 heteroatoms. The molecular weight excluding hydrogens is 422 g/mol. The number of carbonyl (C=O) groups excluding carboxylic acids is 1. The van der Waals surface area contributed by atoms with Crippen LogP contribution in [0.5, 0.6) is 17.2 Å². The Morgan fingerprint density at radius 3 is 2.39 bits per heavy atom. The van der Waals surface area contributed by atoms with E-state index in [9.17, 15) is 4.79 Å². The summed E-state index contributed by atoms with van der Waals surface area (Å²) in [6, 6.07) is 22.0. The van der Waals surface area contributed by atoms with Crippen LogP contribution < -0.4 is 19.5 Å². The van der Waals surface area contributed by atoms with Crippen molar-refractivity contribution in [3.8, 4) is 28.7 Å². The van der Waals surface area contributed by atoms with Gasteiger partial charge in [0.05, 0.1) is 20.6 Å². The maximum absolute atomic E-state index is 12.4. The van der Waals surface area contributed by atoms with Crippen LogP contribution in [0.25, 0.3) is 11.5 Å². The molecule has 1 heterocycles. The van der Waals surface area contributed by atoms with Gasteiger partial charge in [0.1, 0.15) is 5.75 Å². The van der Waals surface area contributed by atoms with Crippen molar-refractivity contribution in [2.24, 2.45) is 0 Å². The van der Waals surface area contributed by atoms with Gasteiger partial charge in [0, 0.05) is 11.3 Å². The fourth-order valence-electron chi connectivity index (χ4n) is 3.17. The summed E-state index contributed by atoms with van der Waals surface area (Å²) in [6.07, 6.45) is 0.208. The van der Waals surface area contributed by atoms with Crippen LogP contribution in [0.1, 0.15) is 11.5 Å². The second-order valence-electron chi connectivity index (χ2n) is 7.09. The molecule has 8 nitrogen and oxygen atoms in total. The Balaban J connectivity index is 1.29. The molecule has 0 atom stereocenters. The predicted octanol–water partition coefficient (Wildman–Crippen LogP) is 4.51. The number of hydrogen-bond acceptors (Lipinski definition) is 7. The molecule has 4 aromatic rings. The van der Waals surface area contributed by atoms with Crippen LogP contribution in [0.4, 0.5) is 5.69 Å². The summed E-state index contributed by atoms with van der Waals surface area (Å²) in [5.74, 6) is 2.50. The third-order valence-corrected chi connectivity index (χ3v) is 4.80. The van der Waals surface area contributed by atoms with Gasteiger partial charge in [0.2, 0.25) is 11.8 Å². The molecule has 1 amide bonds. The lowest BCUT2D eigenvalue weighted by atomic mass is 10.1. The van der Waals surface area contributed by atoms with Gasteiger partial charge in [-0.3, -0.25) is 4.79 Å². The highest BCUT2D eigenvalue weighted by Crippen LogP contribution is 2.28. The van der Waals surface area contributed by atoms with E-state index in [1.54, 1.807) is 50.6 Å². The second kappa shape index (κ2) is 10.3. The van der Waals surface area contributed by atoms with E-state index in [4.69, 9.17) is 18.6 Å². The standard InChI is InChI=1S/C25H23N3O5/c1-30-21-13-8-17(14-22(21)31-2)15-23(29)26-19-9-11-20(12-10-19)32-16-24-27-28-25(33-24)18-6-4-3-5-7-18/h3-14H,15-16H2,1-2H3,(H,26,29). The Morgan fingerprint density at radius 2 is 1.67 bits per heavy atom. The normalized spacial score (nSPS) is 10.5. The number of ether oxygens (including phenoxy) is 3. The highest BCUT2D eigenvalue weighted by molar-refractivity contribution is 5.92. The van der Waals surface area contributed by atoms with E-state index in [-0.39, 0.29) is 18.9 Å². The summed E-state index contributed by atoms with van der Waals surface area (Å²) < 4.78 is 21.8. The molecule has 0 fully saturated rings. The van der Waals surface area contributed by atoms with Gasteiger partial charge in [-0.15, -0.1) is 10.2 Å². The molecule has 168 valence electrons. The molecule has 0 bridgehead atoms. The van der Waals surface area contributed by atoms with E-state index >= 15 is 0 Å². The summed E-state index contributed by atoms with van der Waals surface area (Å²) >= 11 is 0. The Kier molecular flexibility index (Phi) is 6.84. The fourth-order valence-corrected chi connectivity index (χ4v) is 3.17. The first kappa shape index (κ1) is 21.9. The number of hydrogen-bond donors (Lipinski definition) is 1. The minimum absolute atomic E-state index is 0.143. The quantitative estimate of drug-likeness (QED) is 0.405. The fraction of sp³-hybridized carbons (Fsp3) is 0.160. The van der Waals surface area contributed by atoms with E-state index in [0.29, 0.717) is 34.7 Å². The number of aromatic nitrogens is 2. The van der Waals surface area contributed by atoms with Gasteiger partial charge >= 0.3 is 0 Å². The molecule has 3 aromatic carbocycles. The van der Waals surface area contributed by atoms with Gasteiger partial charge in [0.15, 0.2) is 18.1 Å². The topological polar surface area (TPSA) is 95.7 Å². The maximum Gasteiger partial charge on any atom is 0.254 e. The van der Waals surface area contributed by atoms with Crippen LogP contribution in [-0.2, 0) is 17.8 Å². The molecule has 1 N–H and O–H groups in total. The lowest BCUT2D eigenvalue weighted by molar-refractivity contribution is -0.115. The SMILES string of the molecule is COc1ccc(CC(=O)Nc2ccc(OCc3nnc(-c4ccccc4)o3)cc2)cc1OC. The van der Waals surface area contributed by atoms with E-state index in [1.807, 2.05) is 36.4 Å². The molecule has 0 aliphatic carbocycles. The zero-order valence-electron chi connectivity index (χ0n) is 18.3. The average molecular weight is 445 g/mol. The zero-order chi connectivity index (χ0) is 23.0. The van der Waals surface area contributed by atoms with Crippen molar-refractivity contribution in [2.75, 3.05) is 19.5 Å². The summed E-state index contributed by atoms with van der Waals surface area (Å²) in [5.41, 5.74) is 2.33. The van der Waals surface area contributed by atoms with Crippen LogP contribution in [0, 0.1) is 0 Å². The van der Waals surface area contributed by atoms with Crippen molar-refractivity contribution in [3.05, 3.63) is 84.3 Å². The van der Waals surface area contributed by atoms with Crippen LogP contribution >= 0.6 is 0 Å². The molecule has 0 unspecified atom stereocenters. The number of anilines is 1. The molecule has 33 heavy (non-hydrogen) atoms. The first-order valence-electron chi connectivity index (χ1n) is 10.3. The van der Waals surface area contributed by atoms with Gasteiger partial charge in [-0.1, -0.05) is 24.3 Å². The van der Waals surface area contributed by atoms with Crippen molar-refractivity contribution in [2.45, 2.75) is 13.0 Å². The molecular formula is C25H23N3O5. The molecule has 0 saturated carbocycles. The highest BCUT2D eigenvalue weighted by Gasteiger charge is 2.10. The van der Waals surface area contributed by atoms with Gasteiger partial charge in [-0.05, 0) is 54.1 Å². The Labute approximate surface area is 191 Å². The first-order valence-corrected chi connectivity index (χ1v) is 10.3. The van der Waals surface area contributed by atoms with Crippen molar-refractivity contribution in [1.29, 1.82) is 0 Å². The molecule has 0 radical (unpaired) electrons. The van der Waals surface area contributed by atoms with Crippen LogP contribution in [0.15, 0.2) is 77.2 Å². The third-order valence-electron chi connectivity index (χ3n) is 4.80. The number of nitrogens with one attached hydrogen (secondary N) is 1.